The van der Waals surface area contributed by atoms with Crippen LogP contribution in [-0.2, 0) is 11.2 Å². The SMILES string of the molecule is CCCSc1cccc(NC(Cc2ccc(NC(=O)c3c(Cl)cncc3Cl)cc2)C(=O)O)c1. The van der Waals surface area contributed by atoms with E-state index in [1.54, 1.807) is 36.0 Å². The van der Waals surface area contributed by atoms with Crippen molar-refractivity contribution in [2.24, 2.45) is 0 Å². The van der Waals surface area contributed by atoms with Crippen LogP contribution in [0.5, 0.6) is 0 Å². The fourth-order valence-electron chi connectivity index (χ4n) is 3.08. The predicted octanol–water partition coefficient (Wildman–Crippen LogP) is 6.25. The molecule has 1 atom stereocenters. The maximum Gasteiger partial charge on any atom is 0.326 e. The molecule has 1 heterocycles. The number of anilines is 2. The van der Waals surface area contributed by atoms with E-state index in [0.717, 1.165) is 28.3 Å². The van der Waals surface area contributed by atoms with Crippen LogP contribution in [0.2, 0.25) is 10.0 Å². The first kappa shape index (κ1) is 24.9. The number of rotatable bonds is 10. The molecule has 0 bridgehead atoms. The summed E-state index contributed by atoms with van der Waals surface area (Å²) in [4.78, 5) is 29.3. The van der Waals surface area contributed by atoms with E-state index < -0.39 is 17.9 Å². The number of aromatic nitrogens is 1. The maximum atomic E-state index is 12.5. The molecule has 9 heteroatoms. The lowest BCUT2D eigenvalue weighted by Gasteiger charge is -2.17. The van der Waals surface area contributed by atoms with Crippen LogP contribution >= 0.6 is 35.0 Å². The first-order valence-electron chi connectivity index (χ1n) is 10.3. The summed E-state index contributed by atoms with van der Waals surface area (Å²) in [7, 11) is 0. The van der Waals surface area contributed by atoms with Gasteiger partial charge in [-0.15, -0.1) is 11.8 Å². The number of benzene rings is 2. The van der Waals surface area contributed by atoms with Crippen molar-refractivity contribution in [2.75, 3.05) is 16.4 Å². The van der Waals surface area contributed by atoms with Gasteiger partial charge in [0.25, 0.3) is 5.91 Å². The smallest absolute Gasteiger partial charge is 0.326 e. The number of halogens is 2. The van der Waals surface area contributed by atoms with Crippen LogP contribution in [0.1, 0.15) is 29.3 Å². The van der Waals surface area contributed by atoms with Crippen LogP contribution < -0.4 is 10.6 Å². The zero-order valence-electron chi connectivity index (χ0n) is 17.8. The molecule has 0 saturated heterocycles. The summed E-state index contributed by atoms with van der Waals surface area (Å²) in [6.45, 7) is 2.12. The molecule has 1 amide bonds. The minimum atomic E-state index is -0.944. The lowest BCUT2D eigenvalue weighted by Crippen LogP contribution is -2.31. The molecule has 0 aliphatic rings. The van der Waals surface area contributed by atoms with Gasteiger partial charge in [-0.1, -0.05) is 48.3 Å². The average molecular weight is 504 g/mol. The van der Waals surface area contributed by atoms with Crippen molar-refractivity contribution in [3.8, 4) is 0 Å². The maximum absolute atomic E-state index is 12.5. The number of carbonyl (C=O) groups excluding carboxylic acids is 1. The van der Waals surface area contributed by atoms with E-state index in [-0.39, 0.29) is 22.0 Å². The highest BCUT2D eigenvalue weighted by molar-refractivity contribution is 7.99. The number of nitrogens with one attached hydrogen (secondary N) is 2. The lowest BCUT2D eigenvalue weighted by atomic mass is 10.0. The summed E-state index contributed by atoms with van der Waals surface area (Å²) in [5.74, 6) is -0.388. The van der Waals surface area contributed by atoms with Crippen molar-refractivity contribution in [2.45, 2.75) is 30.7 Å². The Balaban J connectivity index is 1.66. The monoisotopic (exact) mass is 503 g/mol. The average Bonchev–Trinajstić information content (AvgIpc) is 2.78. The molecule has 1 aromatic heterocycles. The summed E-state index contributed by atoms with van der Waals surface area (Å²) >= 11 is 13.8. The molecule has 172 valence electrons. The van der Waals surface area contributed by atoms with Crippen LogP contribution in [0.25, 0.3) is 0 Å². The van der Waals surface area contributed by atoms with Gasteiger partial charge in [0.15, 0.2) is 0 Å². The van der Waals surface area contributed by atoms with Crippen LogP contribution in [0.4, 0.5) is 11.4 Å². The molecule has 0 fully saturated rings. The second kappa shape index (κ2) is 11.9. The van der Waals surface area contributed by atoms with Crippen LogP contribution in [-0.4, -0.2) is 33.8 Å². The van der Waals surface area contributed by atoms with Gasteiger partial charge in [0, 0.05) is 35.1 Å². The van der Waals surface area contributed by atoms with Crippen LogP contribution in [0.15, 0.2) is 65.8 Å². The van der Waals surface area contributed by atoms with Crippen molar-refractivity contribution in [3.63, 3.8) is 0 Å². The van der Waals surface area contributed by atoms with Crippen LogP contribution in [0, 0.1) is 0 Å². The van der Waals surface area contributed by atoms with Gasteiger partial charge in [0.05, 0.1) is 15.6 Å². The Morgan fingerprint density at radius 1 is 1.06 bits per heavy atom. The Labute approximate surface area is 206 Å². The number of hydrogen-bond acceptors (Lipinski definition) is 5. The second-order valence-corrected chi connectivity index (χ2v) is 9.23. The Kier molecular flexibility index (Phi) is 9.00. The van der Waals surface area contributed by atoms with E-state index in [0.29, 0.717) is 5.69 Å². The number of amides is 1. The van der Waals surface area contributed by atoms with E-state index in [1.165, 1.54) is 12.4 Å². The lowest BCUT2D eigenvalue weighted by molar-refractivity contribution is -0.137. The third-order valence-electron chi connectivity index (χ3n) is 4.68. The molecule has 1 unspecified atom stereocenters. The molecule has 33 heavy (non-hydrogen) atoms. The van der Waals surface area contributed by atoms with E-state index in [4.69, 9.17) is 23.2 Å². The van der Waals surface area contributed by atoms with Gasteiger partial charge in [-0.25, -0.2) is 4.79 Å². The normalized spacial score (nSPS) is 11.6. The molecule has 0 aliphatic heterocycles. The van der Waals surface area contributed by atoms with Crippen molar-refractivity contribution < 1.29 is 14.7 Å². The predicted molar refractivity (Wildman–Crippen MR) is 135 cm³/mol. The van der Waals surface area contributed by atoms with Gasteiger partial charge in [-0.05, 0) is 48.1 Å². The fraction of sp³-hybridized carbons (Fsp3) is 0.208. The molecule has 3 rings (SSSR count). The first-order chi connectivity index (χ1) is 15.9. The van der Waals surface area contributed by atoms with Gasteiger partial charge >= 0.3 is 5.97 Å². The Morgan fingerprint density at radius 2 is 1.76 bits per heavy atom. The number of aliphatic carboxylic acids is 1. The highest BCUT2D eigenvalue weighted by atomic mass is 35.5. The summed E-state index contributed by atoms with van der Waals surface area (Å²) in [5, 5.41) is 15.9. The van der Waals surface area contributed by atoms with Gasteiger partial charge < -0.3 is 15.7 Å². The number of hydrogen-bond donors (Lipinski definition) is 3. The molecule has 0 radical (unpaired) electrons. The number of carbonyl (C=O) groups is 2. The van der Waals surface area contributed by atoms with Crippen LogP contribution in [0.3, 0.4) is 0 Å². The molecule has 0 spiro atoms. The van der Waals surface area contributed by atoms with Crippen molar-refractivity contribution in [1.29, 1.82) is 0 Å². The topological polar surface area (TPSA) is 91.3 Å². The van der Waals surface area contributed by atoms with Gasteiger partial charge in [-0.2, -0.15) is 0 Å². The zero-order chi connectivity index (χ0) is 23.8. The van der Waals surface area contributed by atoms with Gasteiger partial charge in [0.2, 0.25) is 0 Å². The Bertz CT molecular complexity index is 1110. The third kappa shape index (κ3) is 7.12. The molecule has 0 saturated carbocycles. The molecule has 3 aromatic rings. The zero-order valence-corrected chi connectivity index (χ0v) is 20.2. The summed E-state index contributed by atoms with van der Waals surface area (Å²) in [5.41, 5.74) is 2.25. The molecule has 0 aliphatic carbocycles. The van der Waals surface area contributed by atoms with Gasteiger partial charge in [-0.3, -0.25) is 9.78 Å². The molecule has 6 nitrogen and oxygen atoms in total. The Morgan fingerprint density at radius 3 is 2.39 bits per heavy atom. The minimum absolute atomic E-state index is 0.145. The number of thioether (sulfide) groups is 1. The number of carboxylic acid groups (broad SMARTS) is 1. The highest BCUT2D eigenvalue weighted by Crippen LogP contribution is 2.25. The minimum Gasteiger partial charge on any atom is -0.480 e. The number of nitrogens with zero attached hydrogens (tertiary/aromatic N) is 1. The highest BCUT2D eigenvalue weighted by Gasteiger charge is 2.19. The van der Waals surface area contributed by atoms with E-state index >= 15 is 0 Å². The van der Waals surface area contributed by atoms with Crippen molar-refractivity contribution >= 4 is 58.2 Å². The summed E-state index contributed by atoms with van der Waals surface area (Å²) in [6.07, 6.45) is 4.04. The number of carboxylic acids is 1. The summed E-state index contributed by atoms with van der Waals surface area (Å²) in [6, 6.07) is 13.9. The van der Waals surface area contributed by atoms with E-state index in [9.17, 15) is 14.7 Å². The third-order valence-corrected chi connectivity index (χ3v) is 6.45. The number of pyridine rings is 1. The van der Waals surface area contributed by atoms with E-state index in [2.05, 4.69) is 22.5 Å². The largest absolute Gasteiger partial charge is 0.480 e. The van der Waals surface area contributed by atoms with Crippen molar-refractivity contribution in [1.82, 2.24) is 4.98 Å². The first-order valence-corrected chi connectivity index (χ1v) is 12.0. The molecule has 2 aromatic carbocycles. The second-order valence-electron chi connectivity index (χ2n) is 7.24. The van der Waals surface area contributed by atoms with Crippen molar-refractivity contribution in [3.05, 3.63) is 82.1 Å². The molecule has 3 N–H and O–H groups in total. The van der Waals surface area contributed by atoms with E-state index in [1.807, 2.05) is 24.3 Å². The van der Waals surface area contributed by atoms with Gasteiger partial charge in [0.1, 0.15) is 6.04 Å². The molecular weight excluding hydrogens is 481 g/mol. The quantitative estimate of drug-likeness (QED) is 0.283. The summed E-state index contributed by atoms with van der Waals surface area (Å²) < 4.78 is 0. The molecular formula is C24H23Cl2N3O3S. The standard InChI is InChI=1S/C24H23Cl2N3O3S/c1-2-10-33-18-5-3-4-17(12-18)28-21(24(31)32)11-15-6-8-16(9-7-15)29-23(30)22-19(25)13-27-14-20(22)26/h3-9,12-14,21,28H,2,10-11H2,1H3,(H,29,30)(H,31,32). The Hall–Kier alpha value is -2.74. The fourth-order valence-corrected chi connectivity index (χ4v) is 4.44.